The first-order valence-corrected chi connectivity index (χ1v) is 7.63. The molecular weight excluding hydrogens is 274 g/mol. The molecule has 3 amide bonds. The van der Waals surface area contributed by atoms with Crippen LogP contribution in [0.15, 0.2) is 0 Å². The average Bonchev–Trinajstić information content (AvgIpc) is 3.00. The fraction of sp³-hybridized carbons (Fsp3) is 0.786. The van der Waals surface area contributed by atoms with Gasteiger partial charge in [-0.25, -0.2) is 4.79 Å². The fourth-order valence-electron chi connectivity index (χ4n) is 2.77. The normalized spacial score (nSPS) is 19.5. The van der Waals surface area contributed by atoms with Crippen molar-refractivity contribution in [3.63, 3.8) is 0 Å². The average molecular weight is 297 g/mol. The zero-order valence-electron chi connectivity index (χ0n) is 12.5. The van der Waals surface area contributed by atoms with Crippen molar-refractivity contribution >= 4 is 17.9 Å². The summed E-state index contributed by atoms with van der Waals surface area (Å²) in [5.74, 6) is -1.02. The van der Waals surface area contributed by atoms with E-state index in [1.807, 2.05) is 0 Å². The van der Waals surface area contributed by atoms with Crippen LogP contribution in [0.4, 0.5) is 4.79 Å². The number of carbonyl (C=O) groups is 3. The van der Waals surface area contributed by atoms with Crippen LogP contribution in [0.5, 0.6) is 0 Å². The highest BCUT2D eigenvalue weighted by atomic mass is 16.6. The molecular formula is C14H23N3O4. The number of nitrogens with zero attached hydrogens (tertiary/aromatic N) is 2. The van der Waals surface area contributed by atoms with E-state index < -0.39 is 11.8 Å². The highest BCUT2D eigenvalue weighted by Gasteiger charge is 2.29. The number of ether oxygens (including phenoxy) is 1. The first-order chi connectivity index (χ1) is 10.1. The van der Waals surface area contributed by atoms with Crippen LogP contribution in [0.25, 0.3) is 0 Å². The van der Waals surface area contributed by atoms with Gasteiger partial charge in [0, 0.05) is 32.2 Å². The zero-order valence-corrected chi connectivity index (χ0v) is 12.5. The summed E-state index contributed by atoms with van der Waals surface area (Å²) in [6, 6.07) is 0.141. The predicted octanol–water partition coefficient (Wildman–Crippen LogP) is 0.346. The quantitative estimate of drug-likeness (QED) is 0.746. The second-order valence-electron chi connectivity index (χ2n) is 5.43. The standard InChI is InChI=1S/C14H23N3O4/c1-2-21-14(20)17-9-7-16(8-10-17)13(19)12(18)15-11-5-3-4-6-11/h11H,2-10H2,1H3,(H,15,18). The van der Waals surface area contributed by atoms with E-state index in [1.165, 1.54) is 4.90 Å². The predicted molar refractivity (Wildman–Crippen MR) is 75.6 cm³/mol. The largest absolute Gasteiger partial charge is 0.450 e. The van der Waals surface area contributed by atoms with Crippen LogP contribution in [-0.2, 0) is 14.3 Å². The van der Waals surface area contributed by atoms with E-state index in [2.05, 4.69) is 5.32 Å². The Morgan fingerprint density at radius 1 is 1.05 bits per heavy atom. The Morgan fingerprint density at radius 2 is 1.62 bits per heavy atom. The Kier molecular flexibility index (Phi) is 5.41. The van der Waals surface area contributed by atoms with Gasteiger partial charge in [-0.3, -0.25) is 9.59 Å². The highest BCUT2D eigenvalue weighted by Crippen LogP contribution is 2.17. The van der Waals surface area contributed by atoms with Crippen LogP contribution in [0.2, 0.25) is 0 Å². The highest BCUT2D eigenvalue weighted by molar-refractivity contribution is 6.35. The van der Waals surface area contributed by atoms with Gasteiger partial charge in [-0.1, -0.05) is 12.8 Å². The lowest BCUT2D eigenvalue weighted by molar-refractivity contribution is -0.147. The van der Waals surface area contributed by atoms with E-state index in [1.54, 1.807) is 11.8 Å². The van der Waals surface area contributed by atoms with Gasteiger partial charge in [0.2, 0.25) is 0 Å². The monoisotopic (exact) mass is 297 g/mol. The summed E-state index contributed by atoms with van der Waals surface area (Å²) in [5.41, 5.74) is 0. The first-order valence-electron chi connectivity index (χ1n) is 7.63. The van der Waals surface area contributed by atoms with Crippen LogP contribution >= 0.6 is 0 Å². The summed E-state index contributed by atoms with van der Waals surface area (Å²) in [5, 5.41) is 2.79. The minimum Gasteiger partial charge on any atom is -0.450 e. The van der Waals surface area contributed by atoms with Gasteiger partial charge in [-0.2, -0.15) is 0 Å². The first kappa shape index (κ1) is 15.6. The maximum absolute atomic E-state index is 12.1. The van der Waals surface area contributed by atoms with E-state index in [-0.39, 0.29) is 12.1 Å². The van der Waals surface area contributed by atoms with Crippen LogP contribution in [0.1, 0.15) is 32.6 Å². The maximum Gasteiger partial charge on any atom is 0.409 e. The number of hydrogen-bond acceptors (Lipinski definition) is 4. The number of amides is 3. The number of hydrogen-bond donors (Lipinski definition) is 1. The molecule has 0 aromatic heterocycles. The molecule has 1 aliphatic heterocycles. The Labute approximate surface area is 124 Å². The molecule has 7 heteroatoms. The molecule has 1 saturated heterocycles. The summed E-state index contributed by atoms with van der Waals surface area (Å²) >= 11 is 0. The summed E-state index contributed by atoms with van der Waals surface area (Å²) in [4.78, 5) is 38.6. The third-order valence-corrected chi connectivity index (χ3v) is 3.98. The molecule has 118 valence electrons. The second kappa shape index (κ2) is 7.28. The van der Waals surface area contributed by atoms with Crippen molar-refractivity contribution in [3.05, 3.63) is 0 Å². The number of carbonyl (C=O) groups excluding carboxylic acids is 3. The Morgan fingerprint density at radius 3 is 2.19 bits per heavy atom. The van der Waals surface area contributed by atoms with Crippen LogP contribution < -0.4 is 5.32 Å². The van der Waals surface area contributed by atoms with Gasteiger partial charge in [0.1, 0.15) is 0 Å². The van der Waals surface area contributed by atoms with E-state index in [0.29, 0.717) is 32.8 Å². The van der Waals surface area contributed by atoms with E-state index >= 15 is 0 Å². The van der Waals surface area contributed by atoms with Crippen LogP contribution in [-0.4, -0.2) is 66.5 Å². The molecule has 21 heavy (non-hydrogen) atoms. The summed E-state index contributed by atoms with van der Waals surface area (Å²) in [7, 11) is 0. The minimum absolute atomic E-state index is 0.141. The molecule has 0 bridgehead atoms. The molecule has 7 nitrogen and oxygen atoms in total. The lowest BCUT2D eigenvalue weighted by Gasteiger charge is -2.33. The minimum atomic E-state index is -0.522. The van der Waals surface area contributed by atoms with Gasteiger partial charge in [-0.05, 0) is 19.8 Å². The Bertz CT molecular complexity index is 399. The van der Waals surface area contributed by atoms with Gasteiger partial charge in [-0.15, -0.1) is 0 Å². The van der Waals surface area contributed by atoms with Gasteiger partial charge in [0.15, 0.2) is 0 Å². The molecule has 2 aliphatic rings. The second-order valence-corrected chi connectivity index (χ2v) is 5.43. The molecule has 0 atom stereocenters. The zero-order chi connectivity index (χ0) is 15.2. The van der Waals surface area contributed by atoms with Crippen molar-refractivity contribution in [1.29, 1.82) is 0 Å². The molecule has 1 N–H and O–H groups in total. The van der Waals surface area contributed by atoms with E-state index in [0.717, 1.165) is 25.7 Å². The van der Waals surface area contributed by atoms with Crippen molar-refractivity contribution in [1.82, 2.24) is 15.1 Å². The van der Waals surface area contributed by atoms with Gasteiger partial charge in [0.05, 0.1) is 6.61 Å². The van der Waals surface area contributed by atoms with Crippen molar-refractivity contribution in [3.8, 4) is 0 Å². The third-order valence-electron chi connectivity index (χ3n) is 3.98. The summed E-state index contributed by atoms with van der Waals surface area (Å²) in [6.07, 6.45) is 3.76. The Balaban J connectivity index is 1.76. The van der Waals surface area contributed by atoms with Gasteiger partial charge < -0.3 is 19.9 Å². The maximum atomic E-state index is 12.1. The van der Waals surface area contributed by atoms with Crippen molar-refractivity contribution in [2.24, 2.45) is 0 Å². The fourth-order valence-corrected chi connectivity index (χ4v) is 2.77. The number of piperazine rings is 1. The third kappa shape index (κ3) is 4.09. The molecule has 1 aliphatic carbocycles. The SMILES string of the molecule is CCOC(=O)N1CCN(C(=O)C(=O)NC2CCCC2)CC1. The lowest BCUT2D eigenvalue weighted by Crippen LogP contribution is -2.54. The van der Waals surface area contributed by atoms with Gasteiger partial charge in [0.25, 0.3) is 0 Å². The van der Waals surface area contributed by atoms with Crippen molar-refractivity contribution in [2.45, 2.75) is 38.6 Å². The van der Waals surface area contributed by atoms with Crippen LogP contribution in [0, 0.1) is 0 Å². The molecule has 1 heterocycles. The topological polar surface area (TPSA) is 79.0 Å². The lowest BCUT2D eigenvalue weighted by atomic mass is 10.2. The van der Waals surface area contributed by atoms with Crippen molar-refractivity contribution in [2.75, 3.05) is 32.8 Å². The molecule has 0 aromatic rings. The molecule has 0 unspecified atom stereocenters. The molecule has 2 fully saturated rings. The number of rotatable bonds is 2. The van der Waals surface area contributed by atoms with Gasteiger partial charge >= 0.3 is 17.9 Å². The molecule has 2 rings (SSSR count). The summed E-state index contributed by atoms with van der Waals surface area (Å²) < 4.78 is 4.92. The van der Waals surface area contributed by atoms with Crippen molar-refractivity contribution < 1.29 is 19.1 Å². The number of nitrogens with one attached hydrogen (secondary N) is 1. The summed E-state index contributed by atoms with van der Waals surface area (Å²) in [6.45, 7) is 3.64. The molecule has 1 saturated carbocycles. The smallest absolute Gasteiger partial charge is 0.409 e. The molecule has 0 radical (unpaired) electrons. The Hall–Kier alpha value is -1.79. The van der Waals surface area contributed by atoms with E-state index in [4.69, 9.17) is 4.74 Å². The molecule has 0 spiro atoms. The van der Waals surface area contributed by atoms with Crippen LogP contribution in [0.3, 0.4) is 0 Å². The van der Waals surface area contributed by atoms with E-state index in [9.17, 15) is 14.4 Å². The molecule has 0 aromatic carbocycles.